The summed E-state index contributed by atoms with van der Waals surface area (Å²) in [6.07, 6.45) is 6.75. The maximum atomic E-state index is 9.84. The Morgan fingerprint density at radius 3 is 2.54 bits per heavy atom. The molecule has 0 amide bonds. The molecule has 0 aromatic rings. The largest absolute Gasteiger partial charge is 0.388 e. The van der Waals surface area contributed by atoms with Crippen LogP contribution >= 0.6 is 0 Å². The van der Waals surface area contributed by atoms with E-state index < -0.39 is 5.60 Å². The molecule has 0 aromatic heterocycles. The van der Waals surface area contributed by atoms with Crippen molar-refractivity contribution in [3.8, 4) is 0 Å². The van der Waals surface area contributed by atoms with Crippen molar-refractivity contribution in [2.75, 3.05) is 0 Å². The molecule has 2 nitrogen and oxygen atoms in total. The van der Waals surface area contributed by atoms with E-state index in [0.29, 0.717) is 6.10 Å². The van der Waals surface area contributed by atoms with E-state index in [-0.39, 0.29) is 6.10 Å². The van der Waals surface area contributed by atoms with Crippen molar-refractivity contribution in [2.24, 2.45) is 5.92 Å². The van der Waals surface area contributed by atoms with Crippen molar-refractivity contribution in [3.63, 3.8) is 0 Å². The van der Waals surface area contributed by atoms with E-state index >= 15 is 0 Å². The lowest BCUT2D eigenvalue weighted by molar-refractivity contribution is -0.0875. The molecule has 2 aliphatic rings. The zero-order valence-electron chi connectivity index (χ0n) is 8.62. The normalized spacial score (nSPS) is 40.4. The number of fused-ring (bicyclic) bond motifs is 1. The summed E-state index contributed by atoms with van der Waals surface area (Å²) in [5, 5.41) is 9.84. The molecule has 0 unspecified atom stereocenters. The maximum Gasteiger partial charge on any atom is 0.0864 e. The zero-order valence-corrected chi connectivity index (χ0v) is 8.62. The van der Waals surface area contributed by atoms with Gasteiger partial charge in [-0.3, -0.25) is 0 Å². The highest BCUT2D eigenvalue weighted by Gasteiger charge is 2.42. The van der Waals surface area contributed by atoms with Crippen molar-refractivity contribution >= 4 is 0 Å². The fourth-order valence-electron chi connectivity index (χ4n) is 2.62. The lowest BCUT2D eigenvalue weighted by Gasteiger charge is -2.25. The van der Waals surface area contributed by atoms with Crippen LogP contribution < -0.4 is 0 Å². The first-order valence-corrected chi connectivity index (χ1v) is 5.45. The number of aliphatic hydroxyl groups is 1. The smallest absolute Gasteiger partial charge is 0.0864 e. The van der Waals surface area contributed by atoms with E-state index in [1.54, 1.807) is 0 Å². The van der Waals surface area contributed by atoms with Crippen molar-refractivity contribution in [2.45, 2.75) is 63.8 Å². The highest BCUT2D eigenvalue weighted by molar-refractivity contribution is 4.91. The predicted molar refractivity (Wildman–Crippen MR) is 51.5 cm³/mol. The van der Waals surface area contributed by atoms with Crippen LogP contribution in [0.25, 0.3) is 0 Å². The molecule has 1 saturated carbocycles. The van der Waals surface area contributed by atoms with Gasteiger partial charge in [0, 0.05) is 0 Å². The van der Waals surface area contributed by atoms with Crippen LogP contribution in [0.2, 0.25) is 0 Å². The number of ether oxygens (including phenoxy) is 1. The van der Waals surface area contributed by atoms with E-state index in [1.165, 1.54) is 25.7 Å². The molecule has 3 atom stereocenters. The molecular formula is C11H20O2. The van der Waals surface area contributed by atoms with Crippen LogP contribution in [0.4, 0.5) is 0 Å². The SMILES string of the molecule is CC(C)(O)[C@@H]1C[C@H]2CCCC[C@@H]2O1. The van der Waals surface area contributed by atoms with Crippen molar-refractivity contribution < 1.29 is 9.84 Å². The molecule has 1 aliphatic heterocycles. The fourth-order valence-corrected chi connectivity index (χ4v) is 2.62. The summed E-state index contributed by atoms with van der Waals surface area (Å²) < 4.78 is 5.88. The van der Waals surface area contributed by atoms with E-state index in [2.05, 4.69) is 0 Å². The predicted octanol–water partition coefficient (Wildman–Crippen LogP) is 2.10. The van der Waals surface area contributed by atoms with E-state index in [9.17, 15) is 5.11 Å². The standard InChI is InChI=1S/C11H20O2/c1-11(2,12)10-7-8-5-3-4-6-9(8)13-10/h8-10,12H,3-7H2,1-2H3/t8-,9+,10+/m1/s1. The minimum Gasteiger partial charge on any atom is -0.388 e. The van der Waals surface area contributed by atoms with E-state index in [1.807, 2.05) is 13.8 Å². The first kappa shape index (κ1) is 9.47. The van der Waals surface area contributed by atoms with Crippen molar-refractivity contribution in [1.82, 2.24) is 0 Å². The molecule has 1 saturated heterocycles. The number of hydrogen-bond donors (Lipinski definition) is 1. The highest BCUT2D eigenvalue weighted by atomic mass is 16.5. The minimum absolute atomic E-state index is 0.0700. The third kappa shape index (κ3) is 1.89. The van der Waals surface area contributed by atoms with Gasteiger partial charge in [-0.1, -0.05) is 12.8 Å². The van der Waals surface area contributed by atoms with Crippen LogP contribution in [-0.4, -0.2) is 22.9 Å². The van der Waals surface area contributed by atoms with Crippen LogP contribution in [0.5, 0.6) is 0 Å². The number of rotatable bonds is 1. The van der Waals surface area contributed by atoms with Gasteiger partial charge >= 0.3 is 0 Å². The van der Waals surface area contributed by atoms with Crippen molar-refractivity contribution in [1.29, 1.82) is 0 Å². The van der Waals surface area contributed by atoms with Gasteiger partial charge < -0.3 is 9.84 Å². The Morgan fingerprint density at radius 1 is 1.23 bits per heavy atom. The Hall–Kier alpha value is -0.0800. The summed E-state index contributed by atoms with van der Waals surface area (Å²) in [6, 6.07) is 0. The van der Waals surface area contributed by atoms with Gasteiger partial charge in [-0.25, -0.2) is 0 Å². The Morgan fingerprint density at radius 2 is 1.92 bits per heavy atom. The van der Waals surface area contributed by atoms with Crippen LogP contribution in [0.15, 0.2) is 0 Å². The van der Waals surface area contributed by atoms with Gasteiger partial charge in [0.2, 0.25) is 0 Å². The Labute approximate surface area is 80.3 Å². The quantitative estimate of drug-likeness (QED) is 0.676. The molecule has 1 N–H and O–H groups in total. The average Bonchev–Trinajstić information content (AvgIpc) is 2.45. The molecule has 2 heteroatoms. The molecule has 0 spiro atoms. The molecule has 0 radical (unpaired) electrons. The summed E-state index contributed by atoms with van der Waals surface area (Å²) >= 11 is 0. The second-order valence-corrected chi connectivity index (χ2v) is 5.10. The van der Waals surface area contributed by atoms with Gasteiger partial charge in [-0.15, -0.1) is 0 Å². The molecular weight excluding hydrogens is 164 g/mol. The fraction of sp³-hybridized carbons (Fsp3) is 1.00. The number of hydrogen-bond acceptors (Lipinski definition) is 2. The van der Waals surface area contributed by atoms with E-state index in [4.69, 9.17) is 4.74 Å². The van der Waals surface area contributed by atoms with Crippen LogP contribution in [0.3, 0.4) is 0 Å². The molecule has 2 rings (SSSR count). The monoisotopic (exact) mass is 184 g/mol. The third-order valence-electron chi connectivity index (χ3n) is 3.48. The summed E-state index contributed by atoms with van der Waals surface area (Å²) in [5.41, 5.74) is -0.655. The second kappa shape index (κ2) is 3.25. The third-order valence-corrected chi connectivity index (χ3v) is 3.48. The van der Waals surface area contributed by atoms with Gasteiger partial charge in [0.25, 0.3) is 0 Å². The zero-order chi connectivity index (χ0) is 9.47. The minimum atomic E-state index is -0.655. The molecule has 2 fully saturated rings. The maximum absolute atomic E-state index is 9.84. The summed E-state index contributed by atoms with van der Waals surface area (Å²) in [4.78, 5) is 0. The Kier molecular flexibility index (Phi) is 2.37. The summed E-state index contributed by atoms with van der Waals surface area (Å²) in [6.45, 7) is 3.71. The van der Waals surface area contributed by atoms with Gasteiger partial charge in [0.15, 0.2) is 0 Å². The Bertz CT molecular complexity index is 169. The topological polar surface area (TPSA) is 29.5 Å². The molecule has 1 aliphatic carbocycles. The lowest BCUT2D eigenvalue weighted by atomic mass is 9.84. The first-order valence-electron chi connectivity index (χ1n) is 5.45. The molecule has 0 aromatic carbocycles. The van der Waals surface area contributed by atoms with Crippen molar-refractivity contribution in [3.05, 3.63) is 0 Å². The molecule has 1 heterocycles. The van der Waals surface area contributed by atoms with Crippen LogP contribution in [0.1, 0.15) is 46.0 Å². The van der Waals surface area contributed by atoms with Gasteiger partial charge in [-0.2, -0.15) is 0 Å². The van der Waals surface area contributed by atoms with Gasteiger partial charge in [0.1, 0.15) is 0 Å². The second-order valence-electron chi connectivity index (χ2n) is 5.10. The van der Waals surface area contributed by atoms with Crippen LogP contribution in [-0.2, 0) is 4.74 Å². The Balaban J connectivity index is 1.99. The molecule has 13 heavy (non-hydrogen) atoms. The first-order chi connectivity index (χ1) is 6.07. The van der Waals surface area contributed by atoms with Crippen LogP contribution in [0, 0.1) is 5.92 Å². The van der Waals surface area contributed by atoms with Gasteiger partial charge in [-0.05, 0) is 39.0 Å². The molecule has 76 valence electrons. The highest BCUT2D eigenvalue weighted by Crippen LogP contribution is 2.40. The van der Waals surface area contributed by atoms with E-state index in [0.717, 1.165) is 12.3 Å². The lowest BCUT2D eigenvalue weighted by Crippen LogP contribution is -2.35. The van der Waals surface area contributed by atoms with Gasteiger partial charge in [0.05, 0.1) is 17.8 Å². The average molecular weight is 184 g/mol. The summed E-state index contributed by atoms with van der Waals surface area (Å²) in [7, 11) is 0. The summed E-state index contributed by atoms with van der Waals surface area (Å²) in [5.74, 6) is 0.727. The molecule has 0 bridgehead atoms.